The number of alkyl halides is 1. The van der Waals surface area contributed by atoms with E-state index in [4.69, 9.17) is 24.7 Å². The highest BCUT2D eigenvalue weighted by Gasteiger charge is 2.63. The van der Waals surface area contributed by atoms with Crippen molar-refractivity contribution in [3.63, 3.8) is 0 Å². The van der Waals surface area contributed by atoms with Crippen molar-refractivity contribution in [2.45, 2.75) is 75.5 Å². The third kappa shape index (κ3) is 3.03. The van der Waals surface area contributed by atoms with Gasteiger partial charge in [-0.1, -0.05) is 0 Å². The summed E-state index contributed by atoms with van der Waals surface area (Å²) in [7, 11) is 0. The van der Waals surface area contributed by atoms with Gasteiger partial charge in [-0.05, 0) is 39.5 Å². The highest BCUT2D eigenvalue weighted by atomic mass is 19.1. The molecule has 4 heterocycles. The van der Waals surface area contributed by atoms with Crippen LogP contribution in [0.5, 0.6) is 6.01 Å². The number of anilines is 1. The van der Waals surface area contributed by atoms with Crippen molar-refractivity contribution >= 4 is 17.0 Å². The summed E-state index contributed by atoms with van der Waals surface area (Å²) in [5, 5.41) is 9.92. The predicted molar refractivity (Wildman–Crippen MR) is 102 cm³/mol. The Hall–Kier alpha value is -2.08. The van der Waals surface area contributed by atoms with Crippen LogP contribution in [-0.4, -0.2) is 67.6 Å². The molecule has 4 atom stereocenters. The second-order valence-electron chi connectivity index (χ2n) is 8.63. The number of imidazole rings is 1. The number of nitrogens with two attached hydrogens (primary N) is 1. The summed E-state index contributed by atoms with van der Waals surface area (Å²) in [6.07, 6.45) is 3.39. The van der Waals surface area contributed by atoms with Crippen LogP contribution in [0.1, 0.15) is 45.8 Å². The number of aliphatic hydroxyl groups is 1. The Labute approximate surface area is 172 Å². The molecule has 0 amide bonds. The first-order valence-electron chi connectivity index (χ1n) is 10.2. The number of rotatable bonds is 5. The summed E-state index contributed by atoms with van der Waals surface area (Å²) in [4.78, 5) is 13.0. The summed E-state index contributed by atoms with van der Waals surface area (Å²) in [5.74, 6) is -0.766. The van der Waals surface area contributed by atoms with Crippen LogP contribution in [0.15, 0.2) is 6.33 Å². The zero-order valence-electron chi connectivity index (χ0n) is 17.0. The molecule has 2 aromatic rings. The van der Waals surface area contributed by atoms with Gasteiger partial charge in [0.1, 0.15) is 25.0 Å². The van der Waals surface area contributed by atoms with Crippen molar-refractivity contribution in [2.75, 3.05) is 19.0 Å². The van der Waals surface area contributed by atoms with Crippen molar-refractivity contribution in [1.29, 1.82) is 0 Å². The Bertz CT molecular complexity index is 943. The molecule has 1 unspecified atom stereocenters. The fourth-order valence-corrected chi connectivity index (χ4v) is 4.58. The highest BCUT2D eigenvalue weighted by Crippen LogP contribution is 2.48. The van der Waals surface area contributed by atoms with Crippen molar-refractivity contribution in [3.05, 3.63) is 6.33 Å². The van der Waals surface area contributed by atoms with Crippen molar-refractivity contribution in [2.24, 2.45) is 0 Å². The van der Waals surface area contributed by atoms with E-state index >= 15 is 0 Å². The number of nitrogen functional groups attached to an aromatic ring is 1. The predicted octanol–water partition coefficient (Wildman–Crippen LogP) is 1.48. The quantitative estimate of drug-likeness (QED) is 0.735. The first-order valence-corrected chi connectivity index (χ1v) is 10.2. The molecule has 3 aliphatic rings. The van der Waals surface area contributed by atoms with E-state index in [1.165, 1.54) is 6.33 Å². The van der Waals surface area contributed by atoms with Gasteiger partial charge in [-0.15, -0.1) is 0 Å². The second-order valence-corrected chi connectivity index (χ2v) is 8.63. The van der Waals surface area contributed by atoms with Gasteiger partial charge in [0.2, 0.25) is 0 Å². The van der Waals surface area contributed by atoms with E-state index in [0.717, 1.165) is 25.7 Å². The lowest BCUT2D eigenvalue weighted by Gasteiger charge is -2.30. The summed E-state index contributed by atoms with van der Waals surface area (Å²) < 4.78 is 39.4. The van der Waals surface area contributed by atoms with Crippen LogP contribution in [-0.2, 0) is 14.2 Å². The lowest BCUT2D eigenvalue weighted by atomic mass is 9.98. The average molecular weight is 423 g/mol. The minimum atomic E-state index is -1.54. The lowest BCUT2D eigenvalue weighted by Crippen LogP contribution is -2.48. The lowest BCUT2D eigenvalue weighted by molar-refractivity contribution is -0.229. The van der Waals surface area contributed by atoms with Crippen LogP contribution in [0.3, 0.4) is 0 Å². The fraction of sp³-hybridized carbons (Fsp3) is 0.737. The number of fused-ring (bicyclic) bond motifs is 2. The number of ether oxygens (including phenoxy) is 4. The molecule has 30 heavy (non-hydrogen) atoms. The topological polar surface area (TPSA) is 127 Å². The van der Waals surface area contributed by atoms with E-state index in [-0.39, 0.29) is 17.9 Å². The Morgan fingerprint density at radius 1 is 1.27 bits per heavy atom. The molecule has 2 aromatic heterocycles. The molecule has 10 nitrogen and oxygen atoms in total. The zero-order valence-corrected chi connectivity index (χ0v) is 17.0. The van der Waals surface area contributed by atoms with E-state index in [1.54, 1.807) is 18.4 Å². The van der Waals surface area contributed by atoms with E-state index in [1.807, 2.05) is 0 Å². The standard InChI is InChI=1S/C19H26FN5O5/c1-18(2)28-12-13(29-18)19(7-20,8-26)30-16(12)25-9-22-11-14(21)23-17(24-15(11)25)27-10-5-3-4-6-10/h9-10,12-13,16,26H,3-8H2,1-2H3,(H2,21,23,24)/t12-,13+,16-,19?/m1/s1. The number of halogens is 1. The van der Waals surface area contributed by atoms with Crippen LogP contribution in [0.25, 0.3) is 11.2 Å². The van der Waals surface area contributed by atoms with E-state index < -0.39 is 43.1 Å². The largest absolute Gasteiger partial charge is 0.460 e. The summed E-state index contributed by atoms with van der Waals surface area (Å²) in [5.41, 5.74) is 5.33. The molecule has 164 valence electrons. The Morgan fingerprint density at radius 3 is 2.73 bits per heavy atom. The van der Waals surface area contributed by atoms with E-state index in [2.05, 4.69) is 15.0 Å². The minimum Gasteiger partial charge on any atom is -0.460 e. The van der Waals surface area contributed by atoms with Gasteiger partial charge in [-0.3, -0.25) is 4.57 Å². The van der Waals surface area contributed by atoms with Crippen LogP contribution in [0.4, 0.5) is 10.2 Å². The molecule has 0 aromatic carbocycles. The van der Waals surface area contributed by atoms with Gasteiger partial charge in [-0.25, -0.2) is 9.37 Å². The monoisotopic (exact) mass is 423 g/mol. The van der Waals surface area contributed by atoms with Crippen molar-refractivity contribution in [1.82, 2.24) is 19.5 Å². The molecule has 11 heteroatoms. The normalized spacial score (nSPS) is 33.4. The number of hydrogen-bond acceptors (Lipinski definition) is 9. The van der Waals surface area contributed by atoms with Gasteiger partial charge in [0.25, 0.3) is 0 Å². The summed E-state index contributed by atoms with van der Waals surface area (Å²) >= 11 is 0. The number of aliphatic hydroxyl groups excluding tert-OH is 1. The molecule has 2 saturated heterocycles. The fourth-order valence-electron chi connectivity index (χ4n) is 4.58. The molecule has 3 fully saturated rings. The third-order valence-electron chi connectivity index (χ3n) is 6.05. The van der Waals surface area contributed by atoms with Gasteiger partial charge in [-0.2, -0.15) is 9.97 Å². The molecule has 0 spiro atoms. The maximum absolute atomic E-state index is 14.0. The summed E-state index contributed by atoms with van der Waals surface area (Å²) in [6, 6.07) is 0.172. The van der Waals surface area contributed by atoms with Gasteiger partial charge in [0, 0.05) is 0 Å². The van der Waals surface area contributed by atoms with Crippen molar-refractivity contribution < 1.29 is 28.4 Å². The Kier molecular flexibility index (Phi) is 4.62. The minimum absolute atomic E-state index is 0.0614. The van der Waals surface area contributed by atoms with Crippen LogP contribution >= 0.6 is 0 Å². The molecule has 0 bridgehead atoms. The first kappa shape index (κ1) is 19.9. The van der Waals surface area contributed by atoms with Crippen LogP contribution < -0.4 is 10.5 Å². The molecule has 2 aliphatic heterocycles. The van der Waals surface area contributed by atoms with Gasteiger partial charge >= 0.3 is 6.01 Å². The van der Waals surface area contributed by atoms with Gasteiger partial charge < -0.3 is 29.8 Å². The number of aromatic nitrogens is 4. The van der Waals surface area contributed by atoms with E-state index in [0.29, 0.717) is 11.2 Å². The molecule has 1 saturated carbocycles. The molecular formula is C19H26FN5O5. The maximum Gasteiger partial charge on any atom is 0.320 e. The molecule has 3 N–H and O–H groups in total. The van der Waals surface area contributed by atoms with Gasteiger partial charge in [0.05, 0.1) is 12.9 Å². The molecule has 1 aliphatic carbocycles. The number of hydrogen-bond donors (Lipinski definition) is 2. The smallest absolute Gasteiger partial charge is 0.320 e. The highest BCUT2D eigenvalue weighted by molar-refractivity contribution is 5.82. The molecule has 5 rings (SSSR count). The Balaban J connectivity index is 1.54. The van der Waals surface area contributed by atoms with Crippen LogP contribution in [0, 0.1) is 0 Å². The molecule has 0 radical (unpaired) electrons. The van der Waals surface area contributed by atoms with Gasteiger partial charge in [0.15, 0.2) is 34.6 Å². The average Bonchev–Trinajstić information content (AvgIpc) is 3.46. The zero-order chi connectivity index (χ0) is 21.1. The maximum atomic E-state index is 14.0. The SMILES string of the molecule is CC1(C)O[C@H]2[C@H](n3cnc4c(N)nc(OC5CCCC5)nc43)OC(CO)(CF)[C@H]2O1. The third-order valence-corrected chi connectivity index (χ3v) is 6.05. The number of nitrogens with zero attached hydrogens (tertiary/aromatic N) is 4. The molecular weight excluding hydrogens is 397 g/mol. The first-order chi connectivity index (χ1) is 14.4. The van der Waals surface area contributed by atoms with Crippen LogP contribution in [0.2, 0.25) is 0 Å². The van der Waals surface area contributed by atoms with E-state index in [9.17, 15) is 9.50 Å². The van der Waals surface area contributed by atoms with Crippen molar-refractivity contribution in [3.8, 4) is 6.01 Å². The summed E-state index contributed by atoms with van der Waals surface area (Å²) in [6.45, 7) is 1.99. The second kappa shape index (κ2) is 6.98. The Morgan fingerprint density at radius 2 is 2.03 bits per heavy atom.